The van der Waals surface area contributed by atoms with Crippen molar-refractivity contribution < 1.29 is 14.3 Å². The van der Waals surface area contributed by atoms with Crippen molar-refractivity contribution in [3.05, 3.63) is 71.8 Å². The highest BCUT2D eigenvalue weighted by Crippen LogP contribution is 2.29. The van der Waals surface area contributed by atoms with Crippen LogP contribution in [0.1, 0.15) is 64.5 Å². The van der Waals surface area contributed by atoms with Crippen LogP contribution < -0.4 is 15.0 Å². The van der Waals surface area contributed by atoms with E-state index in [2.05, 4.69) is 77.4 Å². The molecule has 47 heavy (non-hydrogen) atoms. The zero-order chi connectivity index (χ0) is 33.4. The number of likely N-dealkylation sites (N-methyl/N-ethyl adjacent to an activating group) is 1. The molecule has 5 rings (SSSR count). The van der Waals surface area contributed by atoms with Gasteiger partial charge in [-0.2, -0.15) is 0 Å². The number of nitrogens with one attached hydrogen (secondary N) is 2. The lowest BCUT2D eigenvalue weighted by Gasteiger charge is -2.34. The summed E-state index contributed by atoms with van der Waals surface area (Å²) in [7, 11) is 2.19. The molecule has 9 heteroatoms. The van der Waals surface area contributed by atoms with Crippen molar-refractivity contribution in [3.8, 4) is 17.1 Å². The van der Waals surface area contributed by atoms with Gasteiger partial charge in [0.15, 0.2) is 0 Å². The number of ether oxygens (including phenoxy) is 2. The third kappa shape index (κ3) is 9.58. The fourth-order valence-electron chi connectivity index (χ4n) is 5.58. The van der Waals surface area contributed by atoms with Crippen molar-refractivity contribution >= 4 is 34.2 Å². The van der Waals surface area contributed by atoms with Crippen LogP contribution in [0.2, 0.25) is 0 Å². The summed E-state index contributed by atoms with van der Waals surface area (Å²) in [5, 5.41) is 2.78. The Morgan fingerprint density at radius 2 is 1.77 bits per heavy atom. The highest BCUT2D eigenvalue weighted by Gasteiger charge is 2.17. The zero-order valence-corrected chi connectivity index (χ0v) is 28.9. The van der Waals surface area contributed by atoms with Crippen LogP contribution in [0.25, 0.3) is 22.4 Å². The summed E-state index contributed by atoms with van der Waals surface area (Å²) in [5.74, 6) is 1.63. The third-order valence-electron chi connectivity index (χ3n) is 8.26. The quantitative estimate of drug-likeness (QED) is 0.121. The van der Waals surface area contributed by atoms with Gasteiger partial charge < -0.3 is 29.6 Å². The van der Waals surface area contributed by atoms with Crippen molar-refractivity contribution in [1.82, 2.24) is 20.2 Å². The van der Waals surface area contributed by atoms with Gasteiger partial charge in [-0.15, -0.1) is 0 Å². The van der Waals surface area contributed by atoms with Crippen LogP contribution in [-0.2, 0) is 4.74 Å². The number of hydrogen-bond donors (Lipinski definition) is 2. The summed E-state index contributed by atoms with van der Waals surface area (Å²) in [6, 6.07) is 21.1. The molecule has 0 atom stereocenters. The maximum Gasteiger partial charge on any atom is 0.407 e. The molecule has 3 aromatic carbocycles. The third-order valence-corrected chi connectivity index (χ3v) is 8.26. The average molecular weight is 639 g/mol. The summed E-state index contributed by atoms with van der Waals surface area (Å²) < 4.78 is 11.2. The van der Waals surface area contributed by atoms with Crippen LogP contribution in [0.4, 0.5) is 16.2 Å². The molecule has 4 aromatic rings. The lowest BCUT2D eigenvalue weighted by atomic mass is 10.0. The molecule has 1 aliphatic rings. The van der Waals surface area contributed by atoms with Crippen LogP contribution in [-0.4, -0.2) is 78.7 Å². The topological polar surface area (TPSA) is 95.1 Å². The predicted octanol–water partition coefficient (Wildman–Crippen LogP) is 7.89. The van der Waals surface area contributed by atoms with Gasteiger partial charge in [0.2, 0.25) is 0 Å². The number of aliphatic imine (C=N–C) groups is 1. The van der Waals surface area contributed by atoms with Gasteiger partial charge in [0.05, 0.1) is 23.3 Å². The van der Waals surface area contributed by atoms with Gasteiger partial charge in [0.1, 0.15) is 17.2 Å². The highest BCUT2D eigenvalue weighted by atomic mass is 16.6. The number of benzene rings is 3. The molecule has 0 bridgehead atoms. The van der Waals surface area contributed by atoms with Crippen LogP contribution >= 0.6 is 0 Å². The van der Waals surface area contributed by atoms with E-state index in [-0.39, 0.29) is 6.09 Å². The number of hydrogen-bond acceptors (Lipinski definition) is 7. The number of aromatic nitrogens is 2. The number of aromatic amines is 1. The van der Waals surface area contributed by atoms with E-state index in [0.717, 1.165) is 97.0 Å². The van der Waals surface area contributed by atoms with Gasteiger partial charge in [-0.3, -0.25) is 4.99 Å². The summed E-state index contributed by atoms with van der Waals surface area (Å²) >= 11 is 0. The van der Waals surface area contributed by atoms with Crippen LogP contribution in [0.15, 0.2) is 65.7 Å². The van der Waals surface area contributed by atoms with Gasteiger partial charge in [0.25, 0.3) is 0 Å². The smallest absolute Gasteiger partial charge is 0.407 e. The molecule has 0 unspecified atom stereocenters. The molecular weight excluding hydrogens is 588 g/mol. The Morgan fingerprint density at radius 1 is 1.00 bits per heavy atom. The molecule has 2 heterocycles. The largest absolute Gasteiger partial charge is 0.494 e. The lowest BCUT2D eigenvalue weighted by Crippen LogP contribution is -2.44. The van der Waals surface area contributed by atoms with Crippen molar-refractivity contribution in [2.75, 3.05) is 51.3 Å². The van der Waals surface area contributed by atoms with E-state index in [1.54, 1.807) is 0 Å². The number of aryl methyl sites for hydroxylation is 1. The van der Waals surface area contributed by atoms with Crippen molar-refractivity contribution in [2.45, 2.75) is 65.9 Å². The monoisotopic (exact) mass is 638 g/mol. The fraction of sp³-hybridized carbons (Fsp3) is 0.447. The Labute approximate surface area is 279 Å². The molecule has 0 saturated carbocycles. The molecule has 0 aliphatic carbocycles. The minimum Gasteiger partial charge on any atom is -0.494 e. The van der Waals surface area contributed by atoms with Crippen molar-refractivity contribution in [3.63, 3.8) is 0 Å². The first kappa shape index (κ1) is 34.0. The second kappa shape index (κ2) is 15.5. The number of unbranched alkanes of at least 4 members (excludes halogenated alkanes) is 1. The Hall–Kier alpha value is -4.37. The Balaban J connectivity index is 1.22. The number of H-pyrrole nitrogens is 1. The molecule has 250 valence electrons. The lowest BCUT2D eigenvalue weighted by molar-refractivity contribution is 0.0526. The molecule has 0 spiro atoms. The van der Waals surface area contributed by atoms with Gasteiger partial charge in [-0.05, 0) is 114 Å². The van der Waals surface area contributed by atoms with Crippen LogP contribution in [0.3, 0.4) is 0 Å². The second-order valence-electron chi connectivity index (χ2n) is 13.4. The Bertz CT molecular complexity index is 1660. The number of piperazine rings is 1. The van der Waals surface area contributed by atoms with Crippen LogP contribution in [0, 0.1) is 6.92 Å². The average Bonchev–Trinajstić information content (AvgIpc) is 3.47. The summed E-state index contributed by atoms with van der Waals surface area (Å²) in [6.07, 6.45) is 3.16. The number of imidazole rings is 1. The summed E-state index contributed by atoms with van der Waals surface area (Å²) in [4.78, 5) is 30.3. The zero-order valence-electron chi connectivity index (χ0n) is 28.9. The molecule has 1 fully saturated rings. The number of rotatable bonds is 12. The van der Waals surface area contributed by atoms with Gasteiger partial charge in [-0.1, -0.05) is 25.5 Å². The molecule has 1 amide bonds. The SMILES string of the molecule is CCC/C(=N\c1cc(N2CCN(C)CC2)ccc1C)c1ccc2[nH]c(-c3ccc(OCCCCNC(=O)OC(C)(C)C)cc3)nc2c1. The van der Waals surface area contributed by atoms with E-state index in [4.69, 9.17) is 19.5 Å². The minimum atomic E-state index is -0.491. The van der Waals surface area contributed by atoms with Crippen LogP contribution in [0.5, 0.6) is 5.75 Å². The minimum absolute atomic E-state index is 0.386. The van der Waals surface area contributed by atoms with Gasteiger partial charge >= 0.3 is 6.09 Å². The molecule has 2 N–H and O–H groups in total. The number of nitrogens with zero attached hydrogens (tertiary/aromatic N) is 4. The number of carbonyl (C=O) groups is 1. The Kier molecular flexibility index (Phi) is 11.2. The van der Waals surface area contributed by atoms with E-state index >= 15 is 0 Å². The molecule has 1 saturated heterocycles. The normalized spacial score (nSPS) is 14.4. The highest BCUT2D eigenvalue weighted by molar-refractivity contribution is 6.04. The number of amides is 1. The second-order valence-corrected chi connectivity index (χ2v) is 13.4. The first-order valence-electron chi connectivity index (χ1n) is 16.9. The number of carbonyl (C=O) groups excluding carboxylic acids is 1. The molecule has 1 aliphatic heterocycles. The van der Waals surface area contributed by atoms with E-state index in [9.17, 15) is 4.79 Å². The summed E-state index contributed by atoms with van der Waals surface area (Å²) in [6.45, 7) is 15.3. The number of anilines is 1. The molecule has 1 aromatic heterocycles. The number of alkyl carbamates (subject to hydrolysis) is 1. The maximum absolute atomic E-state index is 11.8. The predicted molar refractivity (Wildman–Crippen MR) is 192 cm³/mol. The first-order valence-corrected chi connectivity index (χ1v) is 16.9. The van der Waals surface area contributed by atoms with E-state index in [0.29, 0.717) is 13.2 Å². The molecule has 9 nitrogen and oxygen atoms in total. The van der Waals surface area contributed by atoms with E-state index in [1.807, 2.05) is 45.0 Å². The summed E-state index contributed by atoms with van der Waals surface area (Å²) in [5.41, 5.74) is 8.07. The van der Waals surface area contributed by atoms with Gasteiger partial charge in [0, 0.05) is 49.7 Å². The Morgan fingerprint density at radius 3 is 2.49 bits per heavy atom. The standard InChI is InChI=1S/C38H50N6O3/c1-7-10-32(40-34-26-30(15-11-27(34)2)44-22-20-43(6)21-23-44)29-14-18-33-35(25-29)42-36(41-33)28-12-16-31(17-13-28)46-24-9-8-19-39-37(45)47-38(3,4)5/h11-18,25-26H,7-10,19-24H2,1-6H3,(H,39,45)(H,41,42)/b40-32+. The van der Waals surface area contributed by atoms with Crippen molar-refractivity contribution in [2.24, 2.45) is 4.99 Å². The van der Waals surface area contributed by atoms with E-state index < -0.39 is 5.60 Å². The fourth-order valence-corrected chi connectivity index (χ4v) is 5.58. The van der Waals surface area contributed by atoms with Crippen molar-refractivity contribution in [1.29, 1.82) is 0 Å². The number of fused-ring (bicyclic) bond motifs is 1. The van der Waals surface area contributed by atoms with E-state index in [1.165, 1.54) is 11.3 Å². The molecule has 0 radical (unpaired) electrons. The maximum atomic E-state index is 11.8. The van der Waals surface area contributed by atoms with Gasteiger partial charge in [-0.25, -0.2) is 9.78 Å². The molecular formula is C38H50N6O3. The first-order chi connectivity index (χ1) is 22.6.